The van der Waals surface area contributed by atoms with E-state index in [4.69, 9.17) is 10.00 Å². The highest BCUT2D eigenvalue weighted by Crippen LogP contribution is 2.29. The number of thiophene rings is 1. The number of nitrogens with zero attached hydrogens (tertiary/aromatic N) is 2. The Morgan fingerprint density at radius 2 is 2.04 bits per heavy atom. The van der Waals surface area contributed by atoms with Crippen molar-refractivity contribution in [2.75, 3.05) is 11.9 Å². The molecule has 0 aliphatic carbocycles. The first-order valence-electron chi connectivity index (χ1n) is 8.21. The molecule has 0 atom stereocenters. The minimum atomic E-state index is -0.635. The van der Waals surface area contributed by atoms with Crippen LogP contribution in [0.5, 0.6) is 0 Å². The van der Waals surface area contributed by atoms with Gasteiger partial charge in [-0.25, -0.2) is 9.78 Å². The highest BCUT2D eigenvalue weighted by atomic mass is 32.2. The van der Waals surface area contributed by atoms with E-state index in [1.165, 1.54) is 23.1 Å². The number of carbonyl (C=O) groups excluding carboxylic acids is 2. The van der Waals surface area contributed by atoms with Crippen LogP contribution < -0.4 is 5.32 Å². The van der Waals surface area contributed by atoms with Crippen LogP contribution in [0.25, 0.3) is 0 Å². The fourth-order valence-electron chi connectivity index (χ4n) is 2.21. The highest BCUT2D eigenvalue weighted by molar-refractivity contribution is 7.99. The van der Waals surface area contributed by atoms with Crippen LogP contribution in [0.15, 0.2) is 64.0 Å². The Hall–Kier alpha value is -3.15. The average molecular weight is 409 g/mol. The van der Waals surface area contributed by atoms with Gasteiger partial charge < -0.3 is 10.1 Å². The molecule has 0 fully saturated rings. The lowest BCUT2D eigenvalue weighted by Gasteiger charge is -2.09. The van der Waals surface area contributed by atoms with Crippen LogP contribution in [0.4, 0.5) is 5.00 Å². The first-order chi connectivity index (χ1) is 13.6. The van der Waals surface area contributed by atoms with Crippen molar-refractivity contribution in [1.82, 2.24) is 4.98 Å². The van der Waals surface area contributed by atoms with Crippen molar-refractivity contribution in [3.63, 3.8) is 0 Å². The van der Waals surface area contributed by atoms with Gasteiger partial charge >= 0.3 is 5.97 Å². The summed E-state index contributed by atoms with van der Waals surface area (Å²) in [6, 6.07) is 14.7. The molecule has 0 radical (unpaired) electrons. The predicted molar refractivity (Wildman–Crippen MR) is 107 cm³/mol. The Labute approximate surface area is 170 Å². The van der Waals surface area contributed by atoms with Crippen molar-refractivity contribution in [3.8, 4) is 6.07 Å². The number of carbonyl (C=O) groups is 2. The molecular weight excluding hydrogens is 394 g/mol. The lowest BCUT2D eigenvalue weighted by Crippen LogP contribution is -2.21. The van der Waals surface area contributed by atoms with Crippen molar-refractivity contribution in [2.45, 2.75) is 16.8 Å². The molecule has 0 aliphatic heterocycles. The van der Waals surface area contributed by atoms with Crippen molar-refractivity contribution in [2.24, 2.45) is 0 Å². The molecule has 3 aromatic rings. The molecule has 0 saturated heterocycles. The summed E-state index contributed by atoms with van der Waals surface area (Å²) < 4.78 is 5.13. The monoisotopic (exact) mass is 409 g/mol. The molecule has 8 heteroatoms. The zero-order chi connectivity index (χ0) is 19.9. The standard InChI is InChI=1S/C20H15N3O3S2/c1-13-4-6-15(7-5-13)28-19-16(3-2-9-22-19)20(25)26-12-17(24)23-18-14(11-21)8-10-27-18/h2-10H,12H2,1H3,(H,23,24). The Balaban J connectivity index is 1.63. The molecule has 1 aromatic carbocycles. The third-order valence-corrected chi connectivity index (χ3v) is 5.46. The second-order valence-corrected chi connectivity index (χ2v) is 7.65. The van der Waals surface area contributed by atoms with E-state index in [1.54, 1.807) is 29.8 Å². The summed E-state index contributed by atoms with van der Waals surface area (Å²) in [5.74, 6) is -1.14. The van der Waals surface area contributed by atoms with E-state index in [0.717, 1.165) is 10.5 Å². The molecular formula is C20H15N3O3S2. The molecule has 28 heavy (non-hydrogen) atoms. The summed E-state index contributed by atoms with van der Waals surface area (Å²) in [7, 11) is 0. The molecule has 2 heterocycles. The van der Waals surface area contributed by atoms with E-state index in [9.17, 15) is 9.59 Å². The quantitative estimate of drug-likeness (QED) is 0.611. The van der Waals surface area contributed by atoms with Crippen LogP contribution in [0.3, 0.4) is 0 Å². The molecule has 6 nitrogen and oxygen atoms in total. The number of hydrogen-bond donors (Lipinski definition) is 1. The molecule has 3 rings (SSSR count). The van der Waals surface area contributed by atoms with Crippen molar-refractivity contribution < 1.29 is 14.3 Å². The van der Waals surface area contributed by atoms with Gasteiger partial charge in [0, 0.05) is 11.1 Å². The zero-order valence-electron chi connectivity index (χ0n) is 14.8. The maximum absolute atomic E-state index is 12.4. The van der Waals surface area contributed by atoms with E-state index in [0.29, 0.717) is 15.6 Å². The average Bonchev–Trinajstić information content (AvgIpc) is 3.15. The Morgan fingerprint density at radius 1 is 1.25 bits per heavy atom. The van der Waals surface area contributed by atoms with Crippen molar-refractivity contribution in [1.29, 1.82) is 5.26 Å². The summed E-state index contributed by atoms with van der Waals surface area (Å²) in [5.41, 5.74) is 1.80. The second kappa shape index (κ2) is 9.17. The normalized spacial score (nSPS) is 10.1. The van der Waals surface area contributed by atoms with Gasteiger partial charge in [0.15, 0.2) is 6.61 Å². The van der Waals surface area contributed by atoms with E-state index in [1.807, 2.05) is 37.3 Å². The lowest BCUT2D eigenvalue weighted by molar-refractivity contribution is -0.119. The van der Waals surface area contributed by atoms with Gasteiger partial charge in [-0.1, -0.05) is 29.5 Å². The fourth-order valence-corrected chi connectivity index (χ4v) is 3.84. The van der Waals surface area contributed by atoms with E-state index in [-0.39, 0.29) is 5.56 Å². The molecule has 1 N–H and O–H groups in total. The maximum atomic E-state index is 12.4. The van der Waals surface area contributed by atoms with Gasteiger partial charge in [0.2, 0.25) is 0 Å². The number of aromatic nitrogens is 1. The van der Waals surface area contributed by atoms with E-state index in [2.05, 4.69) is 10.3 Å². The van der Waals surface area contributed by atoms with Gasteiger partial charge in [0.25, 0.3) is 5.91 Å². The number of rotatable bonds is 6. The van der Waals surface area contributed by atoms with Gasteiger partial charge in [-0.2, -0.15) is 5.26 Å². The molecule has 0 unspecified atom stereocenters. The number of nitrogens with one attached hydrogen (secondary N) is 1. The lowest BCUT2D eigenvalue weighted by atomic mass is 10.2. The van der Waals surface area contributed by atoms with E-state index >= 15 is 0 Å². The van der Waals surface area contributed by atoms with Gasteiger partial charge in [-0.3, -0.25) is 4.79 Å². The number of esters is 1. The predicted octanol–water partition coefficient (Wildman–Crippen LogP) is 4.27. The zero-order valence-corrected chi connectivity index (χ0v) is 16.5. The largest absolute Gasteiger partial charge is 0.452 e. The van der Waals surface area contributed by atoms with E-state index < -0.39 is 18.5 Å². The molecule has 0 spiro atoms. The molecule has 0 aliphatic rings. The van der Waals surface area contributed by atoms with Crippen LogP contribution in [0.2, 0.25) is 0 Å². The minimum absolute atomic E-state index is 0.287. The van der Waals surface area contributed by atoms with Crippen LogP contribution >= 0.6 is 23.1 Å². The topological polar surface area (TPSA) is 92.1 Å². The number of ether oxygens (including phenoxy) is 1. The van der Waals surface area contributed by atoms with Crippen LogP contribution in [-0.4, -0.2) is 23.5 Å². The number of aryl methyl sites for hydroxylation is 1. The summed E-state index contributed by atoms with van der Waals surface area (Å²) in [5, 5.41) is 14.2. The number of pyridine rings is 1. The Kier molecular flexibility index (Phi) is 6.42. The molecule has 2 aromatic heterocycles. The van der Waals surface area contributed by atoms with Gasteiger partial charge in [-0.15, -0.1) is 11.3 Å². The molecule has 1 amide bonds. The fraction of sp³-hybridized carbons (Fsp3) is 0.100. The number of amides is 1. The number of nitriles is 1. The number of hydrogen-bond acceptors (Lipinski definition) is 7. The Morgan fingerprint density at radius 3 is 2.79 bits per heavy atom. The van der Waals surface area contributed by atoms with Crippen molar-refractivity contribution in [3.05, 3.63) is 70.7 Å². The Bertz CT molecular complexity index is 1040. The number of anilines is 1. The highest BCUT2D eigenvalue weighted by Gasteiger charge is 2.17. The minimum Gasteiger partial charge on any atom is -0.452 e. The van der Waals surface area contributed by atoms with Crippen LogP contribution in [0.1, 0.15) is 21.5 Å². The van der Waals surface area contributed by atoms with Gasteiger partial charge in [0.1, 0.15) is 16.1 Å². The third kappa shape index (κ3) is 4.97. The first-order valence-corrected chi connectivity index (χ1v) is 9.90. The summed E-state index contributed by atoms with van der Waals surface area (Å²) >= 11 is 2.58. The van der Waals surface area contributed by atoms with Crippen LogP contribution in [0, 0.1) is 18.3 Å². The molecule has 140 valence electrons. The molecule has 0 saturated carbocycles. The molecule has 0 bridgehead atoms. The summed E-state index contributed by atoms with van der Waals surface area (Å²) in [4.78, 5) is 29.6. The first kappa shape index (κ1) is 19.6. The SMILES string of the molecule is Cc1ccc(Sc2ncccc2C(=O)OCC(=O)Nc2sccc2C#N)cc1. The van der Waals surface area contributed by atoms with Crippen LogP contribution in [-0.2, 0) is 9.53 Å². The van der Waals surface area contributed by atoms with Gasteiger partial charge in [-0.05, 0) is 42.6 Å². The smallest absolute Gasteiger partial charge is 0.341 e. The van der Waals surface area contributed by atoms with Gasteiger partial charge in [0.05, 0.1) is 11.1 Å². The third-order valence-electron chi connectivity index (χ3n) is 3.60. The summed E-state index contributed by atoms with van der Waals surface area (Å²) in [6.45, 7) is 1.55. The summed E-state index contributed by atoms with van der Waals surface area (Å²) in [6.07, 6.45) is 1.60. The van der Waals surface area contributed by atoms with Crippen molar-refractivity contribution >= 4 is 40.0 Å². The number of benzene rings is 1. The maximum Gasteiger partial charge on any atom is 0.341 e. The second-order valence-electron chi connectivity index (χ2n) is 5.67.